The quantitative estimate of drug-likeness (QED) is 0.0222. The van der Waals surface area contributed by atoms with Crippen molar-refractivity contribution >= 4 is 39.5 Å². The van der Waals surface area contributed by atoms with Gasteiger partial charge < -0.3 is 33.8 Å². The van der Waals surface area contributed by atoms with Crippen LogP contribution in [0.2, 0.25) is 0 Å². The Morgan fingerprint density at radius 2 is 0.414 bits per heavy atom. The predicted molar refractivity (Wildman–Crippen MR) is 460 cm³/mol. The Morgan fingerprint density at radius 1 is 0.243 bits per heavy atom. The number of hydrogen-bond donors (Lipinski definition) is 3. The van der Waals surface area contributed by atoms with Crippen molar-refractivity contribution in [3.63, 3.8) is 0 Å². The fourth-order valence-corrected chi connectivity index (χ4v) is 16.0. The van der Waals surface area contributed by atoms with E-state index in [9.17, 15) is 43.2 Å². The normalized spacial score (nSPS) is 13.8. The van der Waals surface area contributed by atoms with E-state index in [1.54, 1.807) is 0 Å². The van der Waals surface area contributed by atoms with E-state index in [0.717, 1.165) is 114 Å². The second kappa shape index (κ2) is 81.8. The van der Waals surface area contributed by atoms with Crippen molar-refractivity contribution < 1.29 is 80.2 Å². The highest BCUT2D eigenvalue weighted by atomic mass is 31.2. The maximum Gasteiger partial charge on any atom is 0.472 e. The van der Waals surface area contributed by atoms with Gasteiger partial charge in [0.25, 0.3) is 0 Å². The highest BCUT2D eigenvalue weighted by molar-refractivity contribution is 7.47. The van der Waals surface area contributed by atoms with Crippen molar-refractivity contribution in [1.82, 2.24) is 0 Å². The maximum absolute atomic E-state index is 13.2. The first-order valence-electron chi connectivity index (χ1n) is 47.3. The van der Waals surface area contributed by atoms with Gasteiger partial charge in [0.2, 0.25) is 0 Å². The summed E-state index contributed by atoms with van der Waals surface area (Å²) in [6.45, 7) is 12.1. The second-order valence-corrected chi connectivity index (χ2v) is 37.4. The van der Waals surface area contributed by atoms with Gasteiger partial charge >= 0.3 is 39.5 Å². The first-order chi connectivity index (χ1) is 53.7. The third kappa shape index (κ3) is 85.8. The maximum atomic E-state index is 13.2. The molecule has 2 unspecified atom stereocenters. The van der Waals surface area contributed by atoms with Crippen LogP contribution in [-0.4, -0.2) is 96.7 Å². The van der Waals surface area contributed by atoms with Gasteiger partial charge in [-0.15, -0.1) is 0 Å². The minimum Gasteiger partial charge on any atom is -0.462 e. The molecule has 19 heteroatoms. The molecule has 3 N–H and O–H groups in total. The van der Waals surface area contributed by atoms with Crippen LogP contribution in [0, 0.1) is 17.8 Å². The molecule has 660 valence electrons. The van der Waals surface area contributed by atoms with Gasteiger partial charge in [0.15, 0.2) is 12.2 Å². The molecule has 0 aliphatic rings. The van der Waals surface area contributed by atoms with Crippen LogP contribution in [0.25, 0.3) is 0 Å². The van der Waals surface area contributed by atoms with Crippen molar-refractivity contribution in [2.24, 2.45) is 17.8 Å². The Labute approximate surface area is 683 Å². The second-order valence-electron chi connectivity index (χ2n) is 34.5. The van der Waals surface area contributed by atoms with Gasteiger partial charge in [-0.05, 0) is 43.4 Å². The summed E-state index contributed by atoms with van der Waals surface area (Å²) in [5.41, 5.74) is 0. The van der Waals surface area contributed by atoms with Crippen LogP contribution in [0.5, 0.6) is 0 Å². The van der Waals surface area contributed by atoms with Crippen molar-refractivity contribution in [2.75, 3.05) is 39.6 Å². The molecule has 0 bridgehead atoms. The largest absolute Gasteiger partial charge is 0.472 e. The van der Waals surface area contributed by atoms with Crippen LogP contribution >= 0.6 is 15.6 Å². The summed E-state index contributed by atoms with van der Waals surface area (Å²) in [5.74, 6) is 0.364. The lowest BCUT2D eigenvalue weighted by atomic mass is 10.0. The Kier molecular flexibility index (Phi) is 80.4. The molecule has 0 aliphatic heterocycles. The summed E-state index contributed by atoms with van der Waals surface area (Å²) in [4.78, 5) is 73.3. The zero-order chi connectivity index (χ0) is 81.5. The van der Waals surface area contributed by atoms with Gasteiger partial charge in [-0.3, -0.25) is 37.3 Å². The van der Waals surface area contributed by atoms with Crippen LogP contribution < -0.4 is 0 Å². The molecule has 0 aromatic heterocycles. The first kappa shape index (κ1) is 109. The van der Waals surface area contributed by atoms with Crippen LogP contribution in [0.4, 0.5) is 0 Å². The average Bonchev–Trinajstić information content (AvgIpc) is 0.914. The van der Waals surface area contributed by atoms with Crippen molar-refractivity contribution in [3.8, 4) is 0 Å². The van der Waals surface area contributed by atoms with Gasteiger partial charge in [-0.1, -0.05) is 440 Å². The summed E-state index contributed by atoms with van der Waals surface area (Å²) >= 11 is 0. The number of phosphoric ester groups is 2. The highest BCUT2D eigenvalue weighted by Crippen LogP contribution is 2.45. The van der Waals surface area contributed by atoms with Crippen molar-refractivity contribution in [1.29, 1.82) is 0 Å². The highest BCUT2D eigenvalue weighted by Gasteiger charge is 2.31. The summed E-state index contributed by atoms with van der Waals surface area (Å²) in [6.07, 6.45) is 75.3. The van der Waals surface area contributed by atoms with Gasteiger partial charge in [-0.2, -0.15) is 0 Å². The summed E-state index contributed by atoms with van der Waals surface area (Å²) in [5, 5.41) is 10.7. The first-order valence-corrected chi connectivity index (χ1v) is 50.3. The van der Waals surface area contributed by atoms with E-state index in [1.807, 2.05) is 0 Å². The summed E-state index contributed by atoms with van der Waals surface area (Å²) in [6, 6.07) is 0. The molecule has 0 rings (SSSR count). The molecule has 111 heavy (non-hydrogen) atoms. The number of ether oxygens (including phenoxy) is 4. The average molecular weight is 1620 g/mol. The molecule has 0 radical (unpaired) electrons. The topological polar surface area (TPSA) is 237 Å². The molecule has 0 aliphatic carbocycles. The molecule has 5 atom stereocenters. The van der Waals surface area contributed by atoms with Crippen molar-refractivity contribution in [2.45, 2.75) is 510 Å². The number of carbonyl (C=O) groups is 4. The van der Waals surface area contributed by atoms with E-state index in [4.69, 9.17) is 37.0 Å². The van der Waals surface area contributed by atoms with Gasteiger partial charge in [0.1, 0.15) is 19.3 Å². The molecule has 0 spiro atoms. The Bertz CT molecular complexity index is 2130. The predicted octanol–water partition coefficient (Wildman–Crippen LogP) is 28.4. The fraction of sp³-hybridized carbons (Fsp3) is 0.957. The smallest absolute Gasteiger partial charge is 0.462 e. The molecule has 0 aromatic rings. The Balaban J connectivity index is 5.16. The van der Waals surface area contributed by atoms with E-state index in [0.29, 0.717) is 25.7 Å². The minimum atomic E-state index is -4.97. The molecule has 0 heterocycles. The molecule has 0 saturated heterocycles. The molecule has 17 nitrogen and oxygen atoms in total. The van der Waals surface area contributed by atoms with Crippen molar-refractivity contribution in [3.05, 3.63) is 0 Å². The molecular formula is C92H180O17P2. The number of carbonyl (C=O) groups excluding carboxylic acids is 4. The Morgan fingerprint density at radius 3 is 0.613 bits per heavy atom. The fourth-order valence-electron chi connectivity index (χ4n) is 14.4. The Hall–Kier alpha value is -1.94. The van der Waals surface area contributed by atoms with Crippen LogP contribution in [0.1, 0.15) is 492 Å². The third-order valence-corrected chi connectivity index (χ3v) is 23.5. The zero-order valence-electron chi connectivity index (χ0n) is 73.4. The van der Waals surface area contributed by atoms with E-state index in [1.165, 1.54) is 295 Å². The SMILES string of the molecule is CCCCCCCCCCC(=O)OC[C@H](COP(=O)(O)OC[C@H](O)COP(=O)(O)OC[C@@H](COC(=O)CCCCCCCCCCCCCCCCCCCCC(C)C)OC(=O)CCCCCCCCCCCCCCCCCCCCC(C)C)OC(=O)CCCCCCCCCCCCCCCCCCCCC(C)C. The van der Waals surface area contributed by atoms with Gasteiger partial charge in [-0.25, -0.2) is 9.13 Å². The summed E-state index contributed by atoms with van der Waals surface area (Å²) < 4.78 is 69.0. The lowest BCUT2D eigenvalue weighted by Crippen LogP contribution is -2.30. The third-order valence-electron chi connectivity index (χ3n) is 21.6. The lowest BCUT2D eigenvalue weighted by Gasteiger charge is -2.21. The van der Waals surface area contributed by atoms with E-state index >= 15 is 0 Å². The van der Waals surface area contributed by atoms with E-state index in [-0.39, 0.29) is 25.7 Å². The number of unbranched alkanes of at least 4 members (excludes halogenated alkanes) is 58. The number of esters is 4. The number of hydrogen-bond acceptors (Lipinski definition) is 15. The van der Waals surface area contributed by atoms with Crippen LogP contribution in [0.15, 0.2) is 0 Å². The molecule has 0 amide bonds. The minimum absolute atomic E-state index is 0.108. The monoisotopic (exact) mass is 1620 g/mol. The molecular weight excluding hydrogens is 1440 g/mol. The number of aliphatic hydroxyl groups is 1. The van der Waals surface area contributed by atoms with Crippen LogP contribution in [-0.2, 0) is 65.4 Å². The lowest BCUT2D eigenvalue weighted by molar-refractivity contribution is -0.161. The van der Waals surface area contributed by atoms with Gasteiger partial charge in [0, 0.05) is 25.7 Å². The summed E-state index contributed by atoms with van der Waals surface area (Å²) in [7, 11) is -9.93. The number of aliphatic hydroxyl groups excluding tert-OH is 1. The van der Waals surface area contributed by atoms with Crippen LogP contribution in [0.3, 0.4) is 0 Å². The molecule has 0 aromatic carbocycles. The zero-order valence-corrected chi connectivity index (χ0v) is 75.2. The standard InChI is InChI=1S/C92H180O17P2/c1-8-9-10-11-12-52-59-66-73-89(94)102-79-87(108-91(96)75-68-61-54-47-41-35-29-23-17-14-20-26-32-38-44-50-57-64-71-84(4)5)81-106-110(98,99)104-77-86(93)78-105-111(100,101)107-82-88(109-92(97)76-69-62-55-48-42-36-30-24-18-15-21-27-33-39-45-51-58-65-72-85(6)7)80-103-90(95)74-67-60-53-46-40-34-28-22-16-13-19-25-31-37-43-49-56-63-70-83(2)3/h83-88,93H,8-82H2,1-7H3,(H,98,99)(H,100,101)/t86-,87+,88+/m0/s1. The van der Waals surface area contributed by atoms with E-state index < -0.39 is 97.5 Å². The van der Waals surface area contributed by atoms with Gasteiger partial charge in [0.05, 0.1) is 26.4 Å². The molecule has 0 saturated carbocycles. The number of rotatable bonds is 90. The number of phosphoric acid groups is 2. The molecule has 0 fully saturated rings. The van der Waals surface area contributed by atoms with E-state index in [2.05, 4.69) is 48.5 Å².